The molecule has 0 aliphatic rings. The van der Waals surface area contributed by atoms with Crippen LogP contribution < -0.4 is 0 Å². The van der Waals surface area contributed by atoms with Crippen molar-refractivity contribution in [2.45, 2.75) is 81.4 Å². The van der Waals surface area contributed by atoms with Gasteiger partial charge < -0.3 is 0 Å². The summed E-state index contributed by atoms with van der Waals surface area (Å²) in [5.74, 6) is 0. The van der Waals surface area contributed by atoms with E-state index >= 15 is 0 Å². The third-order valence-corrected chi connectivity index (χ3v) is 67.4. The third kappa shape index (κ3) is 6.24. The van der Waals surface area contributed by atoms with E-state index in [-0.39, 0.29) is 0 Å². The van der Waals surface area contributed by atoms with E-state index in [0.717, 1.165) is 0 Å². The summed E-state index contributed by atoms with van der Waals surface area (Å²) in [7, 11) is 1.08. The van der Waals surface area contributed by atoms with Gasteiger partial charge in [0.1, 0.15) is 0 Å². The molecule has 0 rings (SSSR count). The van der Waals surface area contributed by atoms with Gasteiger partial charge in [0.25, 0.3) is 0 Å². The summed E-state index contributed by atoms with van der Waals surface area (Å²) in [5.41, 5.74) is 0. The number of alkyl halides is 2. The van der Waals surface area contributed by atoms with Gasteiger partial charge in [-0.3, -0.25) is 0 Å². The van der Waals surface area contributed by atoms with Crippen molar-refractivity contribution in [1.82, 2.24) is 4.91 Å². The Morgan fingerprint density at radius 1 is 0.565 bits per heavy atom. The van der Waals surface area contributed by atoms with E-state index in [1.54, 1.807) is 0 Å². The Kier molecular flexibility index (Phi) is 8.67. The van der Waals surface area contributed by atoms with Crippen LogP contribution in [0.3, 0.4) is 0 Å². The molecule has 0 aromatic heterocycles. The minimum absolute atomic E-state index is 0.442. The molecule has 0 bridgehead atoms. The molecule has 0 aromatic rings. The topological polar surface area (TPSA) is 6.48 Å². The van der Waals surface area contributed by atoms with Gasteiger partial charge in [0.05, 0.1) is 0 Å². The van der Waals surface area contributed by atoms with Gasteiger partial charge >= 0.3 is 169 Å². The average Bonchev–Trinajstić information content (AvgIpc) is 2.05. The molecule has 0 aliphatic heterocycles. The third-order valence-electron chi connectivity index (χ3n) is 3.59. The van der Waals surface area contributed by atoms with Gasteiger partial charge in [-0.1, -0.05) is 0 Å². The Morgan fingerprint density at radius 3 is 0.826 bits per heavy atom. The second kappa shape index (κ2) is 7.83. The summed E-state index contributed by atoms with van der Waals surface area (Å²) in [5, 5.41) is 0. The standard InChI is InChI=1S/2C6H18NSi2.CHCl2.ClH.Sn/c2*1-8(2,3)7-9(4,5)6;2-1-3;;/h2*1-6H3;1H;1H;/q2*-1;;;+3/p-1. The van der Waals surface area contributed by atoms with Crippen molar-refractivity contribution in [3.63, 3.8) is 0 Å². The van der Waals surface area contributed by atoms with Gasteiger partial charge in [0.15, 0.2) is 0 Å². The SMILES string of the molecule is C[Si](C)(C)[N]([Si](C)(C)C)[Sn]([Cl])([CH](Cl)Cl)[N]([Si](C)(C)C)[Si](C)(C)C. The molecule has 140 valence electrons. The summed E-state index contributed by atoms with van der Waals surface area (Å²) in [6.45, 7) is 28.9. The second-order valence-electron chi connectivity index (χ2n) is 10.3. The van der Waals surface area contributed by atoms with E-state index < -0.39 is 53.6 Å². The van der Waals surface area contributed by atoms with Gasteiger partial charge in [-0.2, -0.15) is 0 Å². The van der Waals surface area contributed by atoms with Crippen molar-refractivity contribution < 1.29 is 0 Å². The molecule has 23 heavy (non-hydrogen) atoms. The second-order valence-corrected chi connectivity index (χ2v) is 50.2. The van der Waals surface area contributed by atoms with Gasteiger partial charge in [0, 0.05) is 0 Å². The monoisotopic (exact) mass is 558 g/mol. The van der Waals surface area contributed by atoms with E-state index in [0.29, 0.717) is 0 Å². The van der Waals surface area contributed by atoms with Crippen LogP contribution >= 0.6 is 32.1 Å². The van der Waals surface area contributed by atoms with Crippen LogP contribution in [0.5, 0.6) is 0 Å². The van der Waals surface area contributed by atoms with Crippen LogP contribution in [0.2, 0.25) is 78.6 Å². The molecule has 0 saturated heterocycles. The first-order chi connectivity index (χ1) is 9.68. The number of halogens is 3. The fraction of sp³-hybridized carbons (Fsp3) is 1.00. The van der Waals surface area contributed by atoms with Crippen LogP contribution in [0.1, 0.15) is 0 Å². The van der Waals surface area contributed by atoms with E-state index in [9.17, 15) is 0 Å². The maximum absolute atomic E-state index is 7.68. The summed E-state index contributed by atoms with van der Waals surface area (Å²) in [6.07, 6.45) is 0. The van der Waals surface area contributed by atoms with Gasteiger partial charge in [0.2, 0.25) is 0 Å². The predicted octanol–water partition coefficient (Wildman–Crippen LogP) is 6.45. The summed E-state index contributed by atoms with van der Waals surface area (Å²) < 4.78 is 5.14. The van der Waals surface area contributed by atoms with Crippen LogP contribution in [0.4, 0.5) is 0 Å². The van der Waals surface area contributed by atoms with Crippen LogP contribution in [0.15, 0.2) is 0 Å². The summed E-state index contributed by atoms with van der Waals surface area (Å²) >= 11 is 9.78. The molecule has 0 heterocycles. The molecule has 0 amide bonds. The zero-order valence-electron chi connectivity index (χ0n) is 17.1. The fourth-order valence-corrected chi connectivity index (χ4v) is 94.2. The average molecular weight is 559 g/mol. The number of rotatable bonds is 7. The summed E-state index contributed by atoms with van der Waals surface area (Å²) in [6, 6.07) is 0. The fourth-order valence-electron chi connectivity index (χ4n) is 4.19. The molecular formula is C13H37Cl3N2Si4Sn. The first kappa shape index (κ1) is 25.5. The maximum atomic E-state index is 7.68. The van der Waals surface area contributed by atoms with E-state index in [4.69, 9.17) is 32.1 Å². The Labute approximate surface area is 167 Å². The van der Waals surface area contributed by atoms with Crippen molar-refractivity contribution in [2.24, 2.45) is 0 Å². The van der Waals surface area contributed by atoms with Gasteiger partial charge in [-0.05, 0) is 0 Å². The number of nitrogens with zero attached hydrogens (tertiary/aromatic N) is 2. The molecule has 0 fully saturated rings. The quantitative estimate of drug-likeness (QED) is 0.262. The summed E-state index contributed by atoms with van der Waals surface area (Å²) in [4.78, 5) is 0. The molecule has 10 heteroatoms. The van der Waals surface area contributed by atoms with Crippen molar-refractivity contribution >= 4 is 82.9 Å². The van der Waals surface area contributed by atoms with Gasteiger partial charge in [-0.15, -0.1) is 0 Å². The van der Waals surface area contributed by atoms with Crippen molar-refractivity contribution in [3.8, 4) is 0 Å². The van der Waals surface area contributed by atoms with Crippen LogP contribution in [-0.2, 0) is 0 Å². The number of hydrogen-bond acceptors (Lipinski definition) is 2. The molecule has 0 saturated carbocycles. The normalized spacial score (nSPS) is 15.9. The first-order valence-corrected chi connectivity index (χ1v) is 30.7. The Balaban J connectivity index is 6.69. The van der Waals surface area contributed by atoms with Crippen LogP contribution in [0.25, 0.3) is 0 Å². The van der Waals surface area contributed by atoms with Crippen molar-refractivity contribution in [1.29, 1.82) is 0 Å². The zero-order valence-corrected chi connectivity index (χ0v) is 26.2. The molecule has 0 N–H and O–H groups in total. The first-order valence-electron chi connectivity index (χ1n) is 8.26. The van der Waals surface area contributed by atoms with Gasteiger partial charge in [-0.25, -0.2) is 0 Å². The molecule has 0 atom stereocenters. The zero-order chi connectivity index (χ0) is 19.2. The van der Waals surface area contributed by atoms with Crippen LogP contribution in [-0.4, -0.2) is 58.5 Å². The molecule has 2 nitrogen and oxygen atoms in total. The Bertz CT molecular complexity index is 351. The minimum atomic E-state index is -3.68. The number of hydrogen-bond donors (Lipinski definition) is 0. The molecule has 0 spiro atoms. The molecule has 0 radical (unpaired) electrons. The molecule has 0 unspecified atom stereocenters. The van der Waals surface area contributed by atoms with Crippen molar-refractivity contribution in [2.75, 3.05) is 0 Å². The molecule has 0 aliphatic carbocycles. The van der Waals surface area contributed by atoms with E-state index in [1.165, 1.54) is 0 Å². The Hall–Kier alpha value is 2.46. The molecule has 0 aromatic carbocycles. The van der Waals surface area contributed by atoms with E-state index in [2.05, 4.69) is 83.5 Å². The Morgan fingerprint density at radius 2 is 0.739 bits per heavy atom. The van der Waals surface area contributed by atoms with Crippen molar-refractivity contribution in [3.05, 3.63) is 0 Å². The van der Waals surface area contributed by atoms with E-state index in [1.807, 2.05) is 0 Å². The molecular weight excluding hydrogens is 522 g/mol. The van der Waals surface area contributed by atoms with Crippen LogP contribution in [0, 0.1) is 0 Å². The predicted molar refractivity (Wildman–Crippen MR) is 124 cm³/mol.